The van der Waals surface area contributed by atoms with Crippen LogP contribution in [0.5, 0.6) is 0 Å². The van der Waals surface area contributed by atoms with E-state index in [1.807, 2.05) is 49.2 Å². The van der Waals surface area contributed by atoms with Crippen LogP contribution in [0.4, 0.5) is 0 Å². The van der Waals surface area contributed by atoms with Crippen LogP contribution in [0.25, 0.3) is 0 Å². The number of aryl methyl sites for hydroxylation is 1. The summed E-state index contributed by atoms with van der Waals surface area (Å²) in [5.74, 6) is 0. The van der Waals surface area contributed by atoms with Gasteiger partial charge in [-0.15, -0.1) is 0 Å². The van der Waals surface area contributed by atoms with Crippen molar-refractivity contribution in [3.63, 3.8) is 0 Å². The largest absolute Gasteiger partial charge is 0.314 e. The molecule has 0 radical (unpaired) electrons. The van der Waals surface area contributed by atoms with Crippen molar-refractivity contribution >= 4 is 0 Å². The van der Waals surface area contributed by atoms with Gasteiger partial charge in [0.2, 0.25) is 0 Å². The van der Waals surface area contributed by atoms with Gasteiger partial charge in [-0.05, 0) is 31.7 Å². The highest BCUT2D eigenvalue weighted by molar-refractivity contribution is 5.12. The lowest BCUT2D eigenvalue weighted by molar-refractivity contribution is 0.665. The van der Waals surface area contributed by atoms with Gasteiger partial charge in [0, 0.05) is 12.7 Å². The highest BCUT2D eigenvalue weighted by atomic mass is 15.3. The predicted molar refractivity (Wildman–Crippen MR) is 63.1 cm³/mol. The molecule has 0 atom stereocenters. The Morgan fingerprint density at radius 3 is 2.81 bits per heavy atom. The average Bonchev–Trinajstić information content (AvgIpc) is 2.65. The van der Waals surface area contributed by atoms with E-state index in [-0.39, 0.29) is 0 Å². The molecule has 0 amide bonds. The van der Waals surface area contributed by atoms with Crippen molar-refractivity contribution in [2.24, 2.45) is 0 Å². The van der Waals surface area contributed by atoms with Gasteiger partial charge in [-0.1, -0.05) is 6.07 Å². The molecule has 0 aliphatic carbocycles. The Morgan fingerprint density at radius 2 is 2.12 bits per heavy atom. The number of nitrogens with one attached hydrogen (secondary N) is 1. The molecule has 4 nitrogen and oxygen atoms in total. The summed E-state index contributed by atoms with van der Waals surface area (Å²) >= 11 is 0. The summed E-state index contributed by atoms with van der Waals surface area (Å²) < 4.78 is 1.90. The molecule has 0 fully saturated rings. The first kappa shape index (κ1) is 10.8. The van der Waals surface area contributed by atoms with Crippen LogP contribution < -0.4 is 5.32 Å². The maximum absolute atomic E-state index is 4.54. The van der Waals surface area contributed by atoms with Gasteiger partial charge >= 0.3 is 0 Å². The number of hydrogen-bond acceptors (Lipinski definition) is 3. The third-order valence-electron chi connectivity index (χ3n) is 2.31. The molecular weight excluding hydrogens is 200 g/mol. The highest BCUT2D eigenvalue weighted by Gasteiger charge is 1.99. The van der Waals surface area contributed by atoms with E-state index in [4.69, 9.17) is 0 Å². The molecule has 16 heavy (non-hydrogen) atoms. The molecule has 0 aromatic carbocycles. The van der Waals surface area contributed by atoms with E-state index in [9.17, 15) is 0 Å². The zero-order chi connectivity index (χ0) is 11.4. The molecule has 2 rings (SSSR count). The maximum Gasteiger partial charge on any atom is 0.0831 e. The van der Waals surface area contributed by atoms with Gasteiger partial charge in [-0.3, -0.25) is 9.67 Å². The van der Waals surface area contributed by atoms with Gasteiger partial charge in [0.1, 0.15) is 0 Å². The molecule has 2 aromatic rings. The zero-order valence-electron chi connectivity index (χ0n) is 9.64. The van der Waals surface area contributed by atoms with Gasteiger partial charge < -0.3 is 5.32 Å². The molecule has 0 saturated carbocycles. The van der Waals surface area contributed by atoms with E-state index in [0.717, 1.165) is 24.5 Å². The molecule has 0 unspecified atom stereocenters. The Kier molecular flexibility index (Phi) is 3.31. The summed E-state index contributed by atoms with van der Waals surface area (Å²) in [6.07, 6.45) is 3.88. The Morgan fingerprint density at radius 1 is 1.31 bits per heavy atom. The molecule has 0 spiro atoms. The standard InChI is InChI=1S/C12H16N4/c1-10-6-14-16(8-10)9-12-5-3-4-11(15-12)7-13-2/h3-6,8,13H,7,9H2,1-2H3. The van der Waals surface area contributed by atoms with E-state index < -0.39 is 0 Å². The van der Waals surface area contributed by atoms with Crippen molar-refractivity contribution in [3.8, 4) is 0 Å². The normalized spacial score (nSPS) is 10.6. The fourth-order valence-electron chi connectivity index (χ4n) is 1.62. The summed E-state index contributed by atoms with van der Waals surface area (Å²) in [7, 11) is 1.92. The van der Waals surface area contributed by atoms with Crippen LogP contribution in [-0.4, -0.2) is 21.8 Å². The van der Waals surface area contributed by atoms with Gasteiger partial charge in [-0.25, -0.2) is 0 Å². The zero-order valence-corrected chi connectivity index (χ0v) is 9.64. The summed E-state index contributed by atoms with van der Waals surface area (Å²) in [6, 6.07) is 6.08. The van der Waals surface area contributed by atoms with E-state index in [2.05, 4.69) is 15.4 Å². The van der Waals surface area contributed by atoms with Crippen molar-refractivity contribution < 1.29 is 0 Å². The van der Waals surface area contributed by atoms with E-state index in [0.29, 0.717) is 0 Å². The van der Waals surface area contributed by atoms with Crippen LogP contribution in [0, 0.1) is 6.92 Å². The van der Waals surface area contributed by atoms with Crippen molar-refractivity contribution in [2.45, 2.75) is 20.0 Å². The number of aromatic nitrogens is 3. The summed E-state index contributed by atoms with van der Waals surface area (Å²) in [6.45, 7) is 3.56. The minimum Gasteiger partial charge on any atom is -0.314 e. The van der Waals surface area contributed by atoms with Crippen LogP contribution >= 0.6 is 0 Å². The first-order valence-corrected chi connectivity index (χ1v) is 5.36. The van der Waals surface area contributed by atoms with Crippen LogP contribution in [0.1, 0.15) is 17.0 Å². The lowest BCUT2D eigenvalue weighted by atomic mass is 10.3. The topological polar surface area (TPSA) is 42.7 Å². The van der Waals surface area contributed by atoms with Crippen molar-refractivity contribution in [1.82, 2.24) is 20.1 Å². The molecule has 0 aliphatic heterocycles. The van der Waals surface area contributed by atoms with Crippen LogP contribution in [0.15, 0.2) is 30.6 Å². The van der Waals surface area contributed by atoms with Crippen LogP contribution in [0.3, 0.4) is 0 Å². The summed E-state index contributed by atoms with van der Waals surface area (Å²) in [5.41, 5.74) is 3.27. The Hall–Kier alpha value is -1.68. The Labute approximate surface area is 95.3 Å². The van der Waals surface area contributed by atoms with Gasteiger partial charge in [0.05, 0.1) is 24.1 Å². The molecule has 0 aliphatic rings. The van der Waals surface area contributed by atoms with Crippen molar-refractivity contribution in [3.05, 3.63) is 47.5 Å². The Bertz CT molecular complexity index is 462. The van der Waals surface area contributed by atoms with Gasteiger partial charge in [0.15, 0.2) is 0 Å². The summed E-state index contributed by atoms with van der Waals surface area (Å²) in [5, 5.41) is 7.34. The number of hydrogen-bond donors (Lipinski definition) is 1. The smallest absolute Gasteiger partial charge is 0.0831 e. The second kappa shape index (κ2) is 4.90. The van der Waals surface area contributed by atoms with E-state index in [1.165, 1.54) is 5.56 Å². The number of nitrogens with zero attached hydrogens (tertiary/aromatic N) is 3. The van der Waals surface area contributed by atoms with E-state index in [1.54, 1.807) is 0 Å². The van der Waals surface area contributed by atoms with Crippen LogP contribution in [0.2, 0.25) is 0 Å². The minimum absolute atomic E-state index is 0.728. The number of pyridine rings is 1. The molecule has 1 N–H and O–H groups in total. The lowest BCUT2D eigenvalue weighted by Gasteiger charge is -2.04. The molecule has 84 valence electrons. The van der Waals surface area contributed by atoms with Gasteiger partial charge in [-0.2, -0.15) is 5.10 Å². The second-order valence-corrected chi connectivity index (χ2v) is 3.87. The summed E-state index contributed by atoms with van der Waals surface area (Å²) in [4.78, 5) is 4.54. The maximum atomic E-state index is 4.54. The van der Waals surface area contributed by atoms with E-state index >= 15 is 0 Å². The lowest BCUT2D eigenvalue weighted by Crippen LogP contribution is -2.09. The second-order valence-electron chi connectivity index (χ2n) is 3.87. The predicted octanol–water partition coefficient (Wildman–Crippen LogP) is 1.35. The first-order valence-electron chi connectivity index (χ1n) is 5.36. The third-order valence-corrected chi connectivity index (χ3v) is 2.31. The molecule has 0 saturated heterocycles. The average molecular weight is 216 g/mol. The van der Waals surface area contributed by atoms with Crippen molar-refractivity contribution in [1.29, 1.82) is 0 Å². The minimum atomic E-state index is 0.728. The molecule has 0 bridgehead atoms. The quantitative estimate of drug-likeness (QED) is 0.839. The van der Waals surface area contributed by atoms with Crippen molar-refractivity contribution in [2.75, 3.05) is 7.05 Å². The highest BCUT2D eigenvalue weighted by Crippen LogP contribution is 2.03. The SMILES string of the molecule is CNCc1cccc(Cn2cc(C)cn2)n1. The van der Waals surface area contributed by atoms with Gasteiger partial charge in [0.25, 0.3) is 0 Å². The molecular formula is C12H16N4. The fraction of sp³-hybridized carbons (Fsp3) is 0.333. The van der Waals surface area contributed by atoms with Crippen LogP contribution in [-0.2, 0) is 13.1 Å². The monoisotopic (exact) mass is 216 g/mol. The molecule has 4 heteroatoms. The Balaban J connectivity index is 2.12. The molecule has 2 heterocycles. The number of rotatable bonds is 4. The molecule has 2 aromatic heterocycles. The first-order chi connectivity index (χ1) is 7.78. The third kappa shape index (κ3) is 2.67. The fourth-order valence-corrected chi connectivity index (χ4v) is 1.62.